The first-order valence-electron chi connectivity index (χ1n) is 9.14. The van der Waals surface area contributed by atoms with Crippen LogP contribution in [0.3, 0.4) is 0 Å². The van der Waals surface area contributed by atoms with E-state index in [-0.39, 0.29) is 0 Å². The van der Waals surface area contributed by atoms with Gasteiger partial charge in [-0.15, -0.1) is 0 Å². The Balaban J connectivity index is 1.74. The van der Waals surface area contributed by atoms with Crippen molar-refractivity contribution in [2.45, 2.75) is 0 Å². The van der Waals surface area contributed by atoms with Crippen LogP contribution in [0.25, 0.3) is 0 Å². The van der Waals surface area contributed by atoms with Crippen molar-refractivity contribution >= 4 is 34.0 Å². The lowest BCUT2D eigenvalue weighted by atomic mass is 10.2. The van der Waals surface area contributed by atoms with E-state index in [4.69, 9.17) is 14.2 Å². The molecule has 0 heterocycles. The number of amides is 1. The summed E-state index contributed by atoms with van der Waals surface area (Å²) >= 11 is 3.38. The minimum absolute atomic E-state index is 0.291. The van der Waals surface area contributed by atoms with Crippen molar-refractivity contribution in [3.8, 4) is 17.2 Å². The number of methoxy groups -OCH3 is 2. The summed E-state index contributed by atoms with van der Waals surface area (Å²) in [4.78, 5) is 24.9. The molecular weight excluding hydrogens is 464 g/mol. The van der Waals surface area contributed by atoms with Gasteiger partial charge in [-0.25, -0.2) is 10.2 Å². The summed E-state index contributed by atoms with van der Waals surface area (Å²) in [5.41, 5.74) is 3.67. The number of esters is 1. The number of ether oxygens (including phenoxy) is 3. The van der Waals surface area contributed by atoms with Crippen molar-refractivity contribution in [3.05, 3.63) is 87.9 Å². The molecule has 0 aliphatic heterocycles. The molecule has 0 atom stereocenters. The van der Waals surface area contributed by atoms with Crippen molar-refractivity contribution in [2.24, 2.45) is 5.10 Å². The number of nitrogens with one attached hydrogen (secondary N) is 1. The molecule has 1 N–H and O–H groups in total. The third-order valence-electron chi connectivity index (χ3n) is 4.22. The fourth-order valence-corrected chi connectivity index (χ4v) is 3.03. The fraction of sp³-hybridized carbons (Fsp3) is 0.0870. The quantitative estimate of drug-likeness (QED) is 0.232. The number of para-hydroxylation sites is 1. The van der Waals surface area contributed by atoms with E-state index in [1.807, 2.05) is 0 Å². The Morgan fingerprint density at radius 1 is 0.935 bits per heavy atom. The summed E-state index contributed by atoms with van der Waals surface area (Å²) in [6.07, 6.45) is 1.40. The number of hydrazone groups is 1. The predicted molar refractivity (Wildman–Crippen MR) is 120 cm³/mol. The van der Waals surface area contributed by atoms with E-state index in [2.05, 4.69) is 26.5 Å². The van der Waals surface area contributed by atoms with E-state index in [0.717, 1.165) is 4.47 Å². The highest BCUT2D eigenvalue weighted by molar-refractivity contribution is 9.10. The number of carbonyl (C=O) groups excluding carboxylic acids is 2. The molecule has 0 spiro atoms. The van der Waals surface area contributed by atoms with Crippen molar-refractivity contribution in [1.29, 1.82) is 0 Å². The zero-order valence-electron chi connectivity index (χ0n) is 16.8. The maximum absolute atomic E-state index is 12.5. The zero-order chi connectivity index (χ0) is 22.2. The van der Waals surface area contributed by atoms with E-state index in [9.17, 15) is 9.59 Å². The standard InChI is InChI=1S/C23H19BrN2O5/c1-29-18-10-7-15(8-11-18)23(28)31-20-12-9-17(24)13-16(20)14-25-26-22(27)19-5-3-4-6-21(19)30-2/h3-14H,1-2H3,(H,26,27)/b25-14+. The molecule has 0 radical (unpaired) electrons. The lowest BCUT2D eigenvalue weighted by molar-refractivity contribution is 0.0734. The summed E-state index contributed by atoms with van der Waals surface area (Å²) in [5.74, 6) is 0.406. The number of nitrogens with zero attached hydrogens (tertiary/aromatic N) is 1. The topological polar surface area (TPSA) is 86.2 Å². The highest BCUT2D eigenvalue weighted by Crippen LogP contribution is 2.23. The van der Waals surface area contributed by atoms with Crippen LogP contribution in [0.2, 0.25) is 0 Å². The van der Waals surface area contributed by atoms with Gasteiger partial charge in [0.05, 0.1) is 31.6 Å². The lowest BCUT2D eigenvalue weighted by Gasteiger charge is -2.09. The van der Waals surface area contributed by atoms with Crippen molar-refractivity contribution in [3.63, 3.8) is 0 Å². The Kier molecular flexibility index (Phi) is 7.40. The van der Waals surface area contributed by atoms with Crippen LogP contribution in [-0.4, -0.2) is 32.3 Å². The molecule has 31 heavy (non-hydrogen) atoms. The maximum atomic E-state index is 12.5. The van der Waals surface area contributed by atoms with Gasteiger partial charge in [0.25, 0.3) is 5.91 Å². The monoisotopic (exact) mass is 482 g/mol. The van der Waals surface area contributed by atoms with Crippen LogP contribution in [0.4, 0.5) is 0 Å². The fourth-order valence-electron chi connectivity index (χ4n) is 2.65. The molecule has 0 saturated carbocycles. The molecule has 3 rings (SSSR count). The maximum Gasteiger partial charge on any atom is 0.343 e. The molecule has 3 aromatic rings. The first kappa shape index (κ1) is 22.0. The molecule has 0 unspecified atom stereocenters. The number of halogens is 1. The molecule has 0 fully saturated rings. The van der Waals surface area contributed by atoms with Gasteiger partial charge in [0.2, 0.25) is 0 Å². The Hall–Kier alpha value is -3.65. The van der Waals surface area contributed by atoms with Crippen molar-refractivity contribution < 1.29 is 23.8 Å². The van der Waals surface area contributed by atoms with E-state index in [1.165, 1.54) is 13.3 Å². The number of hydrogen-bond donors (Lipinski definition) is 1. The molecule has 7 nitrogen and oxygen atoms in total. The van der Waals surface area contributed by atoms with Gasteiger partial charge in [-0.1, -0.05) is 28.1 Å². The van der Waals surface area contributed by atoms with Crippen LogP contribution in [0.15, 0.2) is 76.3 Å². The summed E-state index contributed by atoms with van der Waals surface area (Å²) in [6.45, 7) is 0. The summed E-state index contributed by atoms with van der Waals surface area (Å²) in [5, 5.41) is 3.99. The smallest absolute Gasteiger partial charge is 0.343 e. The normalized spacial score (nSPS) is 10.5. The van der Waals surface area contributed by atoms with E-state index in [1.54, 1.807) is 73.8 Å². The van der Waals surface area contributed by atoms with Crippen LogP contribution < -0.4 is 19.6 Å². The molecule has 0 saturated heterocycles. The Bertz CT molecular complexity index is 1110. The highest BCUT2D eigenvalue weighted by Gasteiger charge is 2.13. The van der Waals surface area contributed by atoms with Gasteiger partial charge in [-0.2, -0.15) is 5.10 Å². The van der Waals surface area contributed by atoms with Crippen LogP contribution in [0.1, 0.15) is 26.3 Å². The molecule has 0 aromatic heterocycles. The molecule has 0 bridgehead atoms. The van der Waals surface area contributed by atoms with Gasteiger partial charge in [-0.3, -0.25) is 4.79 Å². The Labute approximate surface area is 187 Å². The summed E-state index contributed by atoms with van der Waals surface area (Å²) in [6, 6.07) is 18.5. The third-order valence-corrected chi connectivity index (χ3v) is 4.71. The Morgan fingerprint density at radius 2 is 1.68 bits per heavy atom. The van der Waals surface area contributed by atoms with Gasteiger partial charge < -0.3 is 14.2 Å². The number of rotatable bonds is 7. The molecule has 158 valence electrons. The van der Waals surface area contributed by atoms with Gasteiger partial charge >= 0.3 is 5.97 Å². The molecular formula is C23H19BrN2O5. The zero-order valence-corrected chi connectivity index (χ0v) is 18.4. The highest BCUT2D eigenvalue weighted by atomic mass is 79.9. The number of carbonyl (C=O) groups is 2. The number of hydrogen-bond acceptors (Lipinski definition) is 6. The van der Waals surface area contributed by atoms with Crippen LogP contribution in [0, 0.1) is 0 Å². The number of benzene rings is 3. The lowest BCUT2D eigenvalue weighted by Crippen LogP contribution is -2.18. The first-order chi connectivity index (χ1) is 15.0. The van der Waals surface area contributed by atoms with E-state index >= 15 is 0 Å². The predicted octanol–water partition coefficient (Wildman–Crippen LogP) is 4.45. The SMILES string of the molecule is COc1ccc(C(=O)Oc2ccc(Br)cc2/C=N/NC(=O)c2ccccc2OC)cc1. The summed E-state index contributed by atoms with van der Waals surface area (Å²) in [7, 11) is 3.04. The van der Waals surface area contributed by atoms with Gasteiger partial charge in [0.1, 0.15) is 17.2 Å². The van der Waals surface area contributed by atoms with Crippen molar-refractivity contribution in [1.82, 2.24) is 5.43 Å². The minimum Gasteiger partial charge on any atom is -0.497 e. The van der Waals surface area contributed by atoms with E-state index < -0.39 is 11.9 Å². The van der Waals surface area contributed by atoms with Gasteiger partial charge in [0, 0.05) is 10.0 Å². The van der Waals surface area contributed by atoms with Crippen LogP contribution >= 0.6 is 15.9 Å². The molecule has 0 aliphatic rings. The second-order valence-electron chi connectivity index (χ2n) is 6.20. The average molecular weight is 483 g/mol. The van der Waals surface area contributed by atoms with Crippen LogP contribution in [-0.2, 0) is 0 Å². The Morgan fingerprint density at radius 3 is 2.39 bits per heavy atom. The molecule has 8 heteroatoms. The van der Waals surface area contributed by atoms with Gasteiger partial charge in [-0.05, 0) is 54.6 Å². The first-order valence-corrected chi connectivity index (χ1v) is 9.93. The van der Waals surface area contributed by atoms with Crippen LogP contribution in [0.5, 0.6) is 17.2 Å². The molecule has 1 amide bonds. The van der Waals surface area contributed by atoms with Crippen molar-refractivity contribution in [2.75, 3.05) is 14.2 Å². The molecule has 0 aliphatic carbocycles. The van der Waals surface area contributed by atoms with Gasteiger partial charge in [0.15, 0.2) is 0 Å². The van der Waals surface area contributed by atoms with E-state index in [0.29, 0.717) is 33.9 Å². The minimum atomic E-state index is -0.530. The molecule has 3 aromatic carbocycles. The second-order valence-corrected chi connectivity index (χ2v) is 7.12. The third kappa shape index (κ3) is 5.70. The average Bonchev–Trinajstić information content (AvgIpc) is 2.80. The summed E-state index contributed by atoms with van der Waals surface area (Å²) < 4.78 is 16.5. The second kappa shape index (κ2) is 10.4. The largest absolute Gasteiger partial charge is 0.497 e.